The van der Waals surface area contributed by atoms with Gasteiger partial charge < -0.3 is 45.0 Å². The van der Waals surface area contributed by atoms with Gasteiger partial charge in [-0.25, -0.2) is 4.57 Å². The topological polar surface area (TPSA) is 230 Å². The molecule has 0 aromatic heterocycles. The average Bonchev–Trinajstić information content (AvgIpc) is 3.27. The molecule has 7 N–H and O–H groups in total. The summed E-state index contributed by atoms with van der Waals surface area (Å²) in [6.07, 6.45) is 29.0. The minimum atomic E-state index is -5.15. The molecule has 1 aliphatic carbocycles. The molecule has 1 saturated carbocycles. The largest absolute Gasteiger partial charge is 0.472 e. The molecule has 1 aliphatic rings. The van der Waals surface area contributed by atoms with E-state index in [0.717, 1.165) is 32.1 Å². The first-order valence-electron chi connectivity index (χ1n) is 24.5. The van der Waals surface area contributed by atoms with Gasteiger partial charge in [0, 0.05) is 12.8 Å². The molecule has 3 unspecified atom stereocenters. The van der Waals surface area contributed by atoms with Crippen LogP contribution in [0.25, 0.3) is 0 Å². The van der Waals surface area contributed by atoms with Crippen LogP contribution in [0.5, 0.6) is 0 Å². The van der Waals surface area contributed by atoms with Crippen LogP contribution in [0.4, 0.5) is 0 Å². The maximum absolute atomic E-state index is 12.8. The van der Waals surface area contributed by atoms with Crippen molar-refractivity contribution in [1.82, 2.24) is 0 Å². The second-order valence-corrected chi connectivity index (χ2v) is 18.6. The summed E-state index contributed by atoms with van der Waals surface area (Å²) in [6.45, 7) is 3.17. The maximum atomic E-state index is 12.8. The Labute approximate surface area is 384 Å². The summed E-state index contributed by atoms with van der Waals surface area (Å²) in [5, 5.41) is 60.2. The number of unbranched alkanes of at least 4 members (excludes halogenated alkanes) is 20. The van der Waals surface area contributed by atoms with Gasteiger partial charge in [0.1, 0.15) is 43.2 Å². The van der Waals surface area contributed by atoms with Crippen molar-refractivity contribution in [3.05, 3.63) is 48.6 Å². The highest BCUT2D eigenvalue weighted by Crippen LogP contribution is 2.47. The average molecular weight is 931 g/mol. The second-order valence-electron chi connectivity index (χ2n) is 17.2. The van der Waals surface area contributed by atoms with E-state index >= 15 is 0 Å². The first-order valence-corrected chi connectivity index (χ1v) is 26.0. The third-order valence-corrected chi connectivity index (χ3v) is 12.2. The minimum absolute atomic E-state index is 0.0597. The van der Waals surface area contributed by atoms with Crippen LogP contribution in [0.2, 0.25) is 0 Å². The van der Waals surface area contributed by atoms with Crippen molar-refractivity contribution in [2.45, 2.75) is 236 Å². The summed E-state index contributed by atoms with van der Waals surface area (Å²) in [6, 6.07) is 0. The van der Waals surface area contributed by atoms with E-state index in [4.69, 9.17) is 18.5 Å². The number of aliphatic hydroxyl groups is 6. The third-order valence-electron chi connectivity index (χ3n) is 11.3. The molecule has 0 spiro atoms. The molecule has 15 heteroatoms. The van der Waals surface area contributed by atoms with Crippen LogP contribution in [-0.2, 0) is 32.7 Å². The highest BCUT2D eigenvalue weighted by molar-refractivity contribution is 7.47. The number of phosphoric ester groups is 1. The fourth-order valence-electron chi connectivity index (χ4n) is 7.25. The van der Waals surface area contributed by atoms with E-state index in [9.17, 15) is 49.7 Å². The van der Waals surface area contributed by atoms with Crippen molar-refractivity contribution in [3.63, 3.8) is 0 Å². The molecule has 64 heavy (non-hydrogen) atoms. The monoisotopic (exact) mass is 931 g/mol. The molecule has 9 atom stereocenters. The van der Waals surface area contributed by atoms with E-state index in [1.807, 2.05) is 36.5 Å². The minimum Gasteiger partial charge on any atom is -0.462 e. The Bertz CT molecular complexity index is 1320. The standard InChI is InChI=1S/C49H87O14P/c1-3-5-7-9-11-12-13-14-15-16-17-18-19-20-25-29-33-37-43(52)62-41(39-61-64(58,59)63-49-47(56)45(54)44(53)46(55)48(49)57)38-60-42(51)36-32-28-24-22-21-23-27-31-35-40(50)34-30-26-10-8-6-4-2/h22-24,26-27,30-31,35,40-41,44-50,53-57H,3-21,25,28-29,32-34,36-39H2,1-2H3,(H,58,59)/b24-22-,27-23-,30-26-,35-31+/t40-,41-,44?,45-,46+,47-,48-,49?/m1/s1. The molecule has 0 amide bonds. The number of rotatable bonds is 40. The summed E-state index contributed by atoms with van der Waals surface area (Å²) < 4.78 is 33.5. The fourth-order valence-corrected chi connectivity index (χ4v) is 8.22. The van der Waals surface area contributed by atoms with Crippen LogP contribution in [0.1, 0.15) is 187 Å². The molecule has 0 aromatic rings. The zero-order valence-corrected chi connectivity index (χ0v) is 40.1. The van der Waals surface area contributed by atoms with Crippen LogP contribution < -0.4 is 0 Å². The summed E-state index contributed by atoms with van der Waals surface area (Å²) in [5.41, 5.74) is 0. The van der Waals surface area contributed by atoms with Gasteiger partial charge in [-0.2, -0.15) is 0 Å². The lowest BCUT2D eigenvalue weighted by atomic mass is 9.85. The smallest absolute Gasteiger partial charge is 0.462 e. The molecule has 0 saturated heterocycles. The van der Waals surface area contributed by atoms with Gasteiger partial charge in [-0.3, -0.25) is 18.6 Å². The molecule has 0 heterocycles. The maximum Gasteiger partial charge on any atom is 0.472 e. The van der Waals surface area contributed by atoms with Crippen molar-refractivity contribution in [2.24, 2.45) is 0 Å². The van der Waals surface area contributed by atoms with Gasteiger partial charge in [0.2, 0.25) is 0 Å². The second kappa shape index (κ2) is 38.8. The molecule has 1 rings (SSSR count). The number of allylic oxidation sites excluding steroid dienone is 6. The summed E-state index contributed by atoms with van der Waals surface area (Å²) in [5.74, 6) is -1.20. The van der Waals surface area contributed by atoms with Gasteiger partial charge >= 0.3 is 19.8 Å². The number of hydrogen-bond acceptors (Lipinski definition) is 13. The Morgan fingerprint density at radius 3 is 1.62 bits per heavy atom. The molecule has 0 aliphatic heterocycles. The first-order chi connectivity index (χ1) is 30.8. The Kier molecular flexibility index (Phi) is 36.3. The lowest BCUT2D eigenvalue weighted by Crippen LogP contribution is -2.64. The number of carbonyl (C=O) groups excluding carboxylic acids is 2. The Hall–Kier alpha value is -2.23. The quantitative estimate of drug-likeness (QED) is 0.0100. The molecular formula is C49H87O14P. The van der Waals surface area contributed by atoms with Gasteiger partial charge in [0.15, 0.2) is 6.10 Å². The van der Waals surface area contributed by atoms with Gasteiger partial charge in [-0.15, -0.1) is 0 Å². The normalized spacial score (nSPS) is 22.5. The summed E-state index contributed by atoms with van der Waals surface area (Å²) in [4.78, 5) is 35.7. The highest BCUT2D eigenvalue weighted by atomic mass is 31.2. The van der Waals surface area contributed by atoms with Crippen molar-refractivity contribution in [1.29, 1.82) is 0 Å². The molecule has 372 valence electrons. The van der Waals surface area contributed by atoms with E-state index < -0.39 is 81.8 Å². The molecule has 0 radical (unpaired) electrons. The van der Waals surface area contributed by atoms with Crippen molar-refractivity contribution in [3.8, 4) is 0 Å². The predicted molar refractivity (Wildman–Crippen MR) is 250 cm³/mol. The number of aliphatic hydroxyl groups excluding tert-OH is 6. The van der Waals surface area contributed by atoms with Crippen LogP contribution >= 0.6 is 7.82 Å². The van der Waals surface area contributed by atoms with Crippen molar-refractivity contribution < 1.29 is 68.2 Å². The number of hydrogen-bond donors (Lipinski definition) is 7. The van der Waals surface area contributed by atoms with E-state index in [0.29, 0.717) is 32.1 Å². The van der Waals surface area contributed by atoms with E-state index in [-0.39, 0.29) is 12.8 Å². The lowest BCUT2D eigenvalue weighted by molar-refractivity contribution is -0.220. The lowest BCUT2D eigenvalue weighted by Gasteiger charge is -2.41. The molecule has 0 aromatic carbocycles. The van der Waals surface area contributed by atoms with E-state index in [1.165, 1.54) is 96.3 Å². The van der Waals surface area contributed by atoms with Gasteiger partial charge in [0.05, 0.1) is 12.7 Å². The number of carbonyl (C=O) groups is 2. The van der Waals surface area contributed by atoms with Gasteiger partial charge in [0.25, 0.3) is 0 Å². The van der Waals surface area contributed by atoms with Gasteiger partial charge in [-0.1, -0.05) is 178 Å². The molecule has 1 fully saturated rings. The summed E-state index contributed by atoms with van der Waals surface area (Å²) >= 11 is 0. The SMILES string of the molecule is CCCCC/C=C\C[C@@H](O)/C=C/C=C\C/C=C\CCCC(=O)OC[C@H](COP(=O)(O)OC1[C@H](O)[C@H](O)C(O)[C@H](O)[C@H]1O)OC(=O)CCCCCCCCCCCCCCCCCCC. The van der Waals surface area contributed by atoms with Crippen molar-refractivity contribution >= 4 is 19.8 Å². The number of ether oxygens (including phenoxy) is 2. The van der Waals surface area contributed by atoms with Crippen LogP contribution in [0.3, 0.4) is 0 Å². The zero-order valence-electron chi connectivity index (χ0n) is 39.2. The molecule has 14 nitrogen and oxygen atoms in total. The predicted octanol–water partition coefficient (Wildman–Crippen LogP) is 8.92. The van der Waals surface area contributed by atoms with Crippen molar-refractivity contribution in [2.75, 3.05) is 13.2 Å². The van der Waals surface area contributed by atoms with Gasteiger partial charge in [-0.05, 0) is 44.9 Å². The zero-order chi connectivity index (χ0) is 47.3. The first kappa shape index (κ1) is 59.8. The molecular weight excluding hydrogens is 843 g/mol. The van der Waals surface area contributed by atoms with E-state index in [1.54, 1.807) is 6.08 Å². The Balaban J connectivity index is 2.49. The number of phosphoric acid groups is 1. The Morgan fingerprint density at radius 1 is 0.562 bits per heavy atom. The third kappa shape index (κ3) is 30.9. The van der Waals surface area contributed by atoms with Crippen LogP contribution in [0, 0.1) is 0 Å². The number of esters is 2. The Morgan fingerprint density at radius 2 is 1.05 bits per heavy atom. The summed E-state index contributed by atoms with van der Waals surface area (Å²) in [7, 11) is -5.15. The van der Waals surface area contributed by atoms with Crippen LogP contribution in [-0.4, -0.2) is 110 Å². The highest BCUT2D eigenvalue weighted by Gasteiger charge is 2.51. The van der Waals surface area contributed by atoms with E-state index in [2.05, 4.69) is 19.9 Å². The van der Waals surface area contributed by atoms with Crippen LogP contribution in [0.15, 0.2) is 48.6 Å². The fraction of sp³-hybridized carbons (Fsp3) is 0.796. The molecule has 0 bridgehead atoms.